The maximum atomic E-state index is 7.02. The van der Waals surface area contributed by atoms with Gasteiger partial charge < -0.3 is 5.72 Å². The van der Waals surface area contributed by atoms with Crippen LogP contribution in [0.25, 0.3) is 0 Å². The summed E-state index contributed by atoms with van der Waals surface area (Å²) in [6, 6.07) is 9.43. The van der Waals surface area contributed by atoms with Gasteiger partial charge in [0.2, 0.25) is 0 Å². The highest BCUT2D eigenvalue weighted by molar-refractivity contribution is 5.17. The molecule has 0 fully saturated rings. The van der Waals surface area contributed by atoms with Crippen molar-refractivity contribution in [1.29, 1.82) is 0 Å². The summed E-state index contributed by atoms with van der Waals surface area (Å²) in [5, 5.41) is 0. The molecule has 1 atom stereocenters. The van der Waals surface area contributed by atoms with Gasteiger partial charge in [0.15, 0.2) is 0 Å². The number of nitrogens with two attached hydrogens (primary N) is 1. The molecule has 1 heteroatoms. The maximum absolute atomic E-state index is 7.02. The Kier molecular flexibility index (Phi) is 1.20. The molecule has 48 valence electrons. The zero-order valence-electron chi connectivity index (χ0n) is 7.41. The van der Waals surface area contributed by atoms with Gasteiger partial charge in [-0.05, 0) is 12.5 Å². The Bertz CT molecular complexity index is 211. The van der Waals surface area contributed by atoms with Crippen LogP contribution in [-0.2, 0) is 0 Å². The van der Waals surface area contributed by atoms with Crippen molar-refractivity contribution in [3.8, 4) is 0 Å². The van der Waals surface area contributed by atoms with Crippen molar-refractivity contribution in [2.75, 3.05) is 0 Å². The lowest BCUT2D eigenvalue weighted by Crippen LogP contribution is -2.03. The van der Waals surface area contributed by atoms with Gasteiger partial charge in [-0.2, -0.15) is 0 Å². The van der Waals surface area contributed by atoms with Crippen LogP contribution in [0.2, 0.25) is 2.82 Å². The van der Waals surface area contributed by atoms with E-state index >= 15 is 0 Å². The molecule has 0 aliphatic carbocycles. The first-order valence-corrected chi connectivity index (χ1v) is 3.03. The summed E-state index contributed by atoms with van der Waals surface area (Å²) in [5.41, 5.74) is 1.70. The minimum absolute atomic E-state index is 0.156. The average Bonchev–Trinajstić information content (AvgIpc) is 2.05. The number of rotatable bonds is 2. The molecule has 0 radical (unpaired) electrons. The molecule has 0 unspecified atom stereocenters. The third kappa shape index (κ3) is 1.54. The first kappa shape index (κ1) is 4.07. The average molecular weight is 123 g/mol. The van der Waals surface area contributed by atoms with Gasteiger partial charge in [0.1, 0.15) is 2.82 Å². The molecular weight excluding hydrogens is 110 g/mol. The van der Waals surface area contributed by atoms with Gasteiger partial charge in [-0.1, -0.05) is 30.3 Å². The molecule has 0 spiro atoms. The second-order valence-electron chi connectivity index (χ2n) is 2.09. The highest BCUT2D eigenvalue weighted by Gasteiger charge is 1.93. The van der Waals surface area contributed by atoms with Crippen molar-refractivity contribution in [3.63, 3.8) is 0 Å². The Morgan fingerprint density at radius 2 is 2.11 bits per heavy atom. The predicted molar refractivity (Wildman–Crippen MR) is 39.0 cm³/mol. The molecule has 0 heterocycles. The summed E-state index contributed by atoms with van der Waals surface area (Å²) in [6.45, 7) is 1.83. The molecule has 0 aliphatic heterocycles. The summed E-state index contributed by atoms with van der Waals surface area (Å²) in [5.74, 6) is 0. The smallest absolute Gasteiger partial charge is 0.119 e. The normalized spacial score (nSPS) is 16.7. The monoisotopic (exact) mass is 123 g/mol. The van der Waals surface area contributed by atoms with Gasteiger partial charge in [0.05, 0.1) is 0 Å². The molecule has 0 aromatic heterocycles. The van der Waals surface area contributed by atoms with Crippen LogP contribution in [0.1, 0.15) is 18.5 Å². The van der Waals surface area contributed by atoms with Crippen LogP contribution in [0.3, 0.4) is 0 Å². The van der Waals surface area contributed by atoms with Crippen molar-refractivity contribution in [2.45, 2.75) is 13.0 Å². The van der Waals surface area contributed by atoms with Crippen LogP contribution in [0, 0.1) is 0 Å². The van der Waals surface area contributed by atoms with Gasteiger partial charge in [-0.15, -0.1) is 0 Å². The molecule has 1 nitrogen and oxygen atoms in total. The lowest BCUT2D eigenvalue weighted by molar-refractivity contribution is 0.818. The van der Waals surface area contributed by atoms with E-state index in [2.05, 4.69) is 0 Å². The predicted octanol–water partition coefficient (Wildman–Crippen LogP) is 1.71. The second kappa shape index (κ2) is 2.65. The SMILES string of the molecule is [2H]N([2H])[C@@H](C)c1ccccc1. The van der Waals surface area contributed by atoms with Crippen molar-refractivity contribution in [1.82, 2.24) is 0 Å². The van der Waals surface area contributed by atoms with E-state index in [1.165, 1.54) is 0 Å². The minimum Gasteiger partial charge on any atom is -0.324 e. The van der Waals surface area contributed by atoms with Gasteiger partial charge >= 0.3 is 0 Å². The maximum Gasteiger partial charge on any atom is 0.119 e. The van der Waals surface area contributed by atoms with Gasteiger partial charge in [0.25, 0.3) is 0 Å². The standard InChI is InChI=1S/C8H11N/c1-7(9)8-5-3-2-4-6-8/h2-7H,9H2,1H3/t7-/m0/s1/i/hD2. The fourth-order valence-corrected chi connectivity index (χ4v) is 0.732. The Morgan fingerprint density at radius 1 is 1.44 bits per heavy atom. The molecule has 0 aliphatic rings. The molecule has 0 saturated carbocycles. The topological polar surface area (TPSA) is 26.0 Å². The van der Waals surface area contributed by atoms with E-state index in [1.54, 1.807) is 0 Å². The first-order valence-electron chi connectivity index (χ1n) is 3.93. The van der Waals surface area contributed by atoms with Crippen LogP contribution >= 0.6 is 0 Å². The Labute approximate surface area is 58.4 Å². The van der Waals surface area contributed by atoms with E-state index in [1.807, 2.05) is 37.3 Å². The number of benzene rings is 1. The molecule has 0 bridgehead atoms. The fourth-order valence-electron chi connectivity index (χ4n) is 0.732. The zero-order valence-corrected chi connectivity index (χ0v) is 5.41. The van der Waals surface area contributed by atoms with E-state index in [-0.39, 0.29) is 6.04 Å². The minimum atomic E-state index is -0.156. The van der Waals surface area contributed by atoms with E-state index in [0.717, 1.165) is 5.56 Å². The third-order valence-electron chi connectivity index (χ3n) is 1.28. The fraction of sp³-hybridized carbons (Fsp3) is 0.250. The second-order valence-corrected chi connectivity index (χ2v) is 2.09. The summed E-state index contributed by atoms with van der Waals surface area (Å²) >= 11 is 0. The van der Waals surface area contributed by atoms with Crippen molar-refractivity contribution in [2.24, 2.45) is 5.72 Å². The van der Waals surface area contributed by atoms with Gasteiger partial charge in [0, 0.05) is 6.04 Å². The third-order valence-corrected chi connectivity index (χ3v) is 1.28. The number of hydrogen-bond donors (Lipinski definition) is 1. The van der Waals surface area contributed by atoms with E-state index < -0.39 is 0 Å². The molecule has 0 amide bonds. The highest BCUT2D eigenvalue weighted by atomic mass is 14.6. The Balaban J connectivity index is 2.77. The lowest BCUT2D eigenvalue weighted by Gasteiger charge is -2.02. The van der Waals surface area contributed by atoms with Gasteiger partial charge in [-0.3, -0.25) is 0 Å². The zero-order chi connectivity index (χ0) is 8.27. The Hall–Kier alpha value is -0.820. The summed E-state index contributed by atoms with van der Waals surface area (Å²) in [4.78, 5) is 0. The van der Waals surface area contributed by atoms with Crippen LogP contribution in [0.15, 0.2) is 30.3 Å². The van der Waals surface area contributed by atoms with Crippen molar-refractivity contribution >= 4 is 0 Å². The molecular formula is C8H11N. The van der Waals surface area contributed by atoms with E-state index in [4.69, 9.17) is 2.82 Å². The molecule has 2 N–H and O–H groups in total. The van der Waals surface area contributed by atoms with Crippen LogP contribution < -0.4 is 5.72 Å². The van der Waals surface area contributed by atoms with Crippen LogP contribution in [0.4, 0.5) is 0 Å². The Morgan fingerprint density at radius 3 is 2.67 bits per heavy atom. The van der Waals surface area contributed by atoms with Gasteiger partial charge in [-0.25, -0.2) is 0 Å². The van der Waals surface area contributed by atoms with Crippen LogP contribution in [-0.4, -0.2) is 0 Å². The van der Waals surface area contributed by atoms with Crippen LogP contribution in [0.5, 0.6) is 0 Å². The van der Waals surface area contributed by atoms with E-state index in [9.17, 15) is 0 Å². The molecule has 1 aromatic rings. The lowest BCUT2D eigenvalue weighted by atomic mass is 10.1. The van der Waals surface area contributed by atoms with E-state index in [0.29, 0.717) is 5.72 Å². The molecule has 9 heavy (non-hydrogen) atoms. The summed E-state index contributed by atoms with van der Waals surface area (Å²) < 4.78 is 14.0. The van der Waals surface area contributed by atoms with Crippen molar-refractivity contribution in [3.05, 3.63) is 35.9 Å². The highest BCUT2D eigenvalue weighted by Crippen LogP contribution is 2.06. The molecule has 1 aromatic carbocycles. The summed E-state index contributed by atoms with van der Waals surface area (Å²) in [7, 11) is 0. The largest absolute Gasteiger partial charge is 0.324 e. The number of hydrogen-bond acceptors (Lipinski definition) is 1. The van der Waals surface area contributed by atoms with Crippen molar-refractivity contribution < 1.29 is 2.82 Å². The molecule has 1 rings (SSSR count). The first-order chi connectivity index (χ1) is 5.22. The summed E-state index contributed by atoms with van der Waals surface area (Å²) in [6.07, 6.45) is 0. The quantitative estimate of drug-likeness (QED) is 0.636. The molecule has 0 saturated heterocycles.